The van der Waals surface area contributed by atoms with E-state index < -0.39 is 16.1 Å². The van der Waals surface area contributed by atoms with Crippen LogP contribution in [0.4, 0.5) is 0 Å². The van der Waals surface area contributed by atoms with Crippen molar-refractivity contribution in [3.05, 3.63) is 65.7 Å². The molecule has 26 heavy (non-hydrogen) atoms. The number of likely N-dealkylation sites (N-methyl/N-ethyl adjacent to an activating group) is 1. The minimum Gasteiger partial charge on any atom is -0.337 e. The number of fused-ring (bicyclic) bond motifs is 1. The highest BCUT2D eigenvalue weighted by atomic mass is 32.2. The fraction of sp³-hybridized carbons (Fsp3) is 0.263. The van der Waals surface area contributed by atoms with Gasteiger partial charge in [-0.2, -0.15) is 0 Å². The molecule has 1 amide bonds. The molecule has 0 bridgehead atoms. The maximum Gasteiger partial charge on any atom is 0.263 e. The zero-order valence-corrected chi connectivity index (χ0v) is 15.5. The molecule has 0 saturated carbocycles. The molecule has 7 heteroatoms. The van der Waals surface area contributed by atoms with Gasteiger partial charge in [-0.05, 0) is 31.5 Å². The van der Waals surface area contributed by atoms with Gasteiger partial charge < -0.3 is 4.90 Å². The molecule has 0 radical (unpaired) electrons. The molecule has 2 aromatic rings. The lowest BCUT2D eigenvalue weighted by atomic mass is 10.2. The van der Waals surface area contributed by atoms with Gasteiger partial charge in [0.25, 0.3) is 10.0 Å². The molecule has 0 aromatic heterocycles. The van der Waals surface area contributed by atoms with Crippen LogP contribution in [0.25, 0.3) is 0 Å². The smallest absolute Gasteiger partial charge is 0.263 e. The van der Waals surface area contributed by atoms with Crippen LogP contribution in [0, 0.1) is 0 Å². The molecular formula is C19H21N3O3S. The number of sulfonamides is 1. The van der Waals surface area contributed by atoms with Gasteiger partial charge in [-0.1, -0.05) is 42.5 Å². The number of carbonyl (C=O) groups excluding carboxylic acids is 1. The van der Waals surface area contributed by atoms with Gasteiger partial charge in [-0.3, -0.25) is 14.5 Å². The second kappa shape index (κ2) is 7.29. The summed E-state index contributed by atoms with van der Waals surface area (Å²) in [6, 6.07) is 15.7. The predicted octanol–water partition coefficient (Wildman–Crippen LogP) is 2.16. The first kappa shape index (κ1) is 18.1. The van der Waals surface area contributed by atoms with Gasteiger partial charge in [0, 0.05) is 18.7 Å². The summed E-state index contributed by atoms with van der Waals surface area (Å²) in [5, 5.41) is 0. The summed E-state index contributed by atoms with van der Waals surface area (Å²) in [7, 11) is -3.61. The Morgan fingerprint density at radius 3 is 2.46 bits per heavy atom. The lowest BCUT2D eigenvalue weighted by Crippen LogP contribution is -2.37. The van der Waals surface area contributed by atoms with Crippen LogP contribution in [0.1, 0.15) is 25.0 Å². The molecule has 1 aliphatic heterocycles. The Labute approximate surface area is 153 Å². The highest BCUT2D eigenvalue weighted by molar-refractivity contribution is 7.90. The zero-order chi connectivity index (χ0) is 18.7. The van der Waals surface area contributed by atoms with E-state index in [9.17, 15) is 13.2 Å². The van der Waals surface area contributed by atoms with Crippen LogP contribution in [-0.2, 0) is 21.4 Å². The second-order valence-electron chi connectivity index (χ2n) is 6.09. The minimum atomic E-state index is -3.61. The molecule has 6 nitrogen and oxygen atoms in total. The molecule has 0 spiro atoms. The fourth-order valence-electron chi connectivity index (χ4n) is 2.89. The molecule has 0 saturated heterocycles. The predicted molar refractivity (Wildman–Crippen MR) is 100 cm³/mol. The summed E-state index contributed by atoms with van der Waals surface area (Å²) < 4.78 is 26.8. The average molecular weight is 371 g/mol. The number of hydrogen-bond donors (Lipinski definition) is 1. The molecule has 0 aliphatic carbocycles. The van der Waals surface area contributed by atoms with Gasteiger partial charge in [-0.25, -0.2) is 8.42 Å². The van der Waals surface area contributed by atoms with Crippen LogP contribution in [0.5, 0.6) is 0 Å². The number of amidine groups is 1. The van der Waals surface area contributed by atoms with Crippen LogP contribution in [0.2, 0.25) is 0 Å². The number of aliphatic imine (C=N–C) groups is 1. The molecule has 0 unspecified atom stereocenters. The van der Waals surface area contributed by atoms with Crippen LogP contribution >= 0.6 is 0 Å². The first-order chi connectivity index (χ1) is 12.4. The normalized spacial score (nSPS) is 17.4. The molecule has 1 heterocycles. The van der Waals surface area contributed by atoms with Crippen molar-refractivity contribution in [2.75, 3.05) is 6.54 Å². The number of amides is 1. The van der Waals surface area contributed by atoms with Crippen molar-refractivity contribution in [1.29, 1.82) is 0 Å². The van der Waals surface area contributed by atoms with E-state index in [1.165, 1.54) is 6.07 Å². The van der Waals surface area contributed by atoms with E-state index in [-0.39, 0.29) is 16.6 Å². The summed E-state index contributed by atoms with van der Waals surface area (Å²) in [6.07, 6.45) is 0. The van der Waals surface area contributed by atoms with Crippen molar-refractivity contribution < 1.29 is 13.2 Å². The van der Waals surface area contributed by atoms with Crippen molar-refractivity contribution in [3.63, 3.8) is 0 Å². The molecule has 1 N–H and O–H groups in total. The Morgan fingerprint density at radius 1 is 1.12 bits per heavy atom. The lowest BCUT2D eigenvalue weighted by Gasteiger charge is -2.23. The number of carbonyl (C=O) groups is 1. The maximum atomic E-state index is 12.8. The maximum absolute atomic E-state index is 12.8. The third-order valence-corrected chi connectivity index (χ3v) is 5.65. The highest BCUT2D eigenvalue weighted by Gasteiger charge is 2.31. The third-order valence-electron chi connectivity index (χ3n) is 4.25. The van der Waals surface area contributed by atoms with Crippen molar-refractivity contribution >= 4 is 21.8 Å². The lowest BCUT2D eigenvalue weighted by molar-refractivity contribution is -0.132. The van der Waals surface area contributed by atoms with Gasteiger partial charge >= 0.3 is 0 Å². The van der Waals surface area contributed by atoms with E-state index in [0.717, 1.165) is 5.56 Å². The second-order valence-corrected chi connectivity index (χ2v) is 7.74. The van der Waals surface area contributed by atoms with Crippen molar-refractivity contribution in [1.82, 2.24) is 9.62 Å². The van der Waals surface area contributed by atoms with Crippen LogP contribution in [0.3, 0.4) is 0 Å². The average Bonchev–Trinajstić information content (AvgIpc) is 2.90. The van der Waals surface area contributed by atoms with Crippen LogP contribution < -0.4 is 4.72 Å². The van der Waals surface area contributed by atoms with Gasteiger partial charge in [0.1, 0.15) is 11.9 Å². The fourth-order valence-corrected chi connectivity index (χ4v) is 4.13. The first-order valence-corrected chi connectivity index (χ1v) is 9.93. The molecule has 0 fully saturated rings. The SMILES string of the molecule is CCN(Cc1ccccc1)C(=O)[C@H](C)N=C1NS(=O)(=O)c2ccccc21. The van der Waals surface area contributed by atoms with Gasteiger partial charge in [0.2, 0.25) is 5.91 Å². The van der Waals surface area contributed by atoms with Crippen LogP contribution in [0.15, 0.2) is 64.5 Å². The Bertz CT molecular complexity index is 940. The number of rotatable bonds is 5. The Morgan fingerprint density at radius 2 is 1.77 bits per heavy atom. The number of nitrogens with one attached hydrogen (secondary N) is 1. The highest BCUT2D eigenvalue weighted by Crippen LogP contribution is 2.22. The van der Waals surface area contributed by atoms with Crippen LogP contribution in [-0.4, -0.2) is 37.6 Å². The third kappa shape index (κ3) is 3.62. The summed E-state index contributed by atoms with van der Waals surface area (Å²) >= 11 is 0. The Hall–Kier alpha value is -2.67. The summed E-state index contributed by atoms with van der Waals surface area (Å²) in [5.41, 5.74) is 1.53. The monoisotopic (exact) mass is 371 g/mol. The largest absolute Gasteiger partial charge is 0.337 e. The van der Waals surface area contributed by atoms with E-state index in [1.54, 1.807) is 30.0 Å². The quantitative estimate of drug-likeness (QED) is 0.875. The molecule has 3 rings (SSSR count). The van der Waals surface area contributed by atoms with Crippen molar-refractivity contribution in [2.24, 2.45) is 4.99 Å². The summed E-state index contributed by atoms with van der Waals surface area (Å²) in [6.45, 7) is 4.63. The molecule has 136 valence electrons. The molecule has 1 aliphatic rings. The number of benzene rings is 2. The minimum absolute atomic E-state index is 0.146. The standard InChI is InChI=1S/C19H21N3O3S/c1-3-22(13-15-9-5-4-6-10-15)19(23)14(2)20-18-16-11-7-8-12-17(16)26(24,25)21-18/h4-12,14H,3,13H2,1-2H3,(H,20,21)/t14-/m0/s1. The Balaban J connectivity index is 1.82. The zero-order valence-electron chi connectivity index (χ0n) is 14.7. The number of nitrogens with zero attached hydrogens (tertiary/aromatic N) is 2. The van der Waals surface area contributed by atoms with E-state index in [1.807, 2.05) is 37.3 Å². The molecule has 1 atom stereocenters. The molecule has 2 aromatic carbocycles. The van der Waals surface area contributed by atoms with Gasteiger partial charge in [0.05, 0.1) is 4.90 Å². The van der Waals surface area contributed by atoms with Crippen molar-refractivity contribution in [2.45, 2.75) is 31.3 Å². The molecular weight excluding hydrogens is 350 g/mol. The van der Waals surface area contributed by atoms with Crippen molar-refractivity contribution in [3.8, 4) is 0 Å². The topological polar surface area (TPSA) is 78.8 Å². The summed E-state index contributed by atoms with van der Waals surface area (Å²) in [5.74, 6) is 0.0737. The Kier molecular flexibility index (Phi) is 5.08. The number of hydrogen-bond acceptors (Lipinski definition) is 4. The van der Waals surface area contributed by atoms with E-state index in [0.29, 0.717) is 18.7 Å². The van der Waals surface area contributed by atoms with Gasteiger partial charge in [0.15, 0.2) is 0 Å². The van der Waals surface area contributed by atoms with E-state index in [4.69, 9.17) is 0 Å². The van der Waals surface area contributed by atoms with E-state index >= 15 is 0 Å². The summed E-state index contributed by atoms with van der Waals surface area (Å²) in [4.78, 5) is 19.0. The van der Waals surface area contributed by atoms with Gasteiger partial charge in [-0.15, -0.1) is 0 Å². The first-order valence-electron chi connectivity index (χ1n) is 8.45. The van der Waals surface area contributed by atoms with E-state index in [2.05, 4.69) is 9.71 Å².